The first-order valence-electron chi connectivity index (χ1n) is 11.1. The molecule has 0 spiro atoms. The number of ether oxygens (including phenoxy) is 2. The van der Waals surface area contributed by atoms with Crippen molar-refractivity contribution < 1.29 is 27.9 Å². The molecule has 12 nitrogen and oxygen atoms in total. The van der Waals surface area contributed by atoms with Crippen molar-refractivity contribution in [2.45, 2.75) is 64.0 Å². The zero-order valence-electron chi connectivity index (χ0n) is 19.7. The molecule has 34 heavy (non-hydrogen) atoms. The lowest BCUT2D eigenvalue weighted by molar-refractivity contribution is -0.148. The smallest absolute Gasteiger partial charge is 0.406 e. The summed E-state index contributed by atoms with van der Waals surface area (Å²) in [5, 5.41) is 2.93. The number of carbonyl (C=O) groups is 1. The number of alkyl halides is 1. The van der Waals surface area contributed by atoms with E-state index in [2.05, 4.69) is 20.0 Å². The highest BCUT2D eigenvalue weighted by Gasteiger charge is 2.60. The lowest BCUT2D eigenvalue weighted by atomic mass is 10.0. The third kappa shape index (κ3) is 4.67. The number of nitrogens with one attached hydrogen (secondary N) is 1. The van der Waals surface area contributed by atoms with E-state index in [1.54, 1.807) is 25.3 Å². The molecule has 0 radical (unpaired) electrons. The summed E-state index contributed by atoms with van der Waals surface area (Å²) in [6.45, 7) is 9.08. The third-order valence-corrected chi connectivity index (χ3v) is 8.03. The molecule has 2 fully saturated rings. The predicted octanol–water partition coefficient (Wildman–Crippen LogP) is 2.64. The maximum Gasteiger partial charge on any atom is 0.406 e. The Kier molecular flexibility index (Phi) is 6.93. The fourth-order valence-corrected chi connectivity index (χ4v) is 6.27. The molecule has 2 aliphatic rings. The summed E-state index contributed by atoms with van der Waals surface area (Å²) < 4.78 is 38.2. The molecule has 188 valence electrons. The maximum absolute atomic E-state index is 13.5. The normalized spacial score (nSPS) is 32.3. The van der Waals surface area contributed by atoms with E-state index in [1.165, 1.54) is 12.7 Å². The van der Waals surface area contributed by atoms with Gasteiger partial charge in [0, 0.05) is 0 Å². The number of anilines is 1. The molecule has 2 saturated heterocycles. The van der Waals surface area contributed by atoms with Gasteiger partial charge in [0.1, 0.15) is 35.5 Å². The molecule has 0 amide bonds. The molecule has 2 aliphatic heterocycles. The van der Waals surface area contributed by atoms with Gasteiger partial charge in [0.05, 0.1) is 24.9 Å². The summed E-state index contributed by atoms with van der Waals surface area (Å²) in [7, 11) is -3.79. The number of nitrogens with two attached hydrogens (primary N) is 1. The summed E-state index contributed by atoms with van der Waals surface area (Å²) >= 11 is 6.96. The lowest BCUT2D eigenvalue weighted by Crippen LogP contribution is -2.47. The molecule has 0 bridgehead atoms. The Morgan fingerprint density at radius 3 is 2.79 bits per heavy atom. The van der Waals surface area contributed by atoms with Gasteiger partial charge in [-0.2, -0.15) is 0 Å². The summed E-state index contributed by atoms with van der Waals surface area (Å²) in [5.74, 6) is -0.389. The first kappa shape index (κ1) is 25.3. The number of halogens is 1. The van der Waals surface area contributed by atoms with Gasteiger partial charge in [-0.15, -0.1) is 11.6 Å². The van der Waals surface area contributed by atoms with Gasteiger partial charge < -0.3 is 15.2 Å². The lowest BCUT2D eigenvalue weighted by Gasteiger charge is -2.37. The van der Waals surface area contributed by atoms with E-state index < -0.39 is 37.1 Å². The van der Waals surface area contributed by atoms with Gasteiger partial charge >= 0.3 is 13.7 Å². The molecular formula is C20H30ClN6O6P. The van der Waals surface area contributed by atoms with Crippen LogP contribution in [0, 0.1) is 11.8 Å². The van der Waals surface area contributed by atoms with Crippen LogP contribution in [0.15, 0.2) is 12.7 Å². The van der Waals surface area contributed by atoms with Crippen molar-refractivity contribution in [2.24, 2.45) is 11.8 Å². The van der Waals surface area contributed by atoms with E-state index in [0.29, 0.717) is 11.2 Å². The quantitative estimate of drug-likeness (QED) is 0.317. The van der Waals surface area contributed by atoms with Crippen LogP contribution in [-0.2, 0) is 27.9 Å². The van der Waals surface area contributed by atoms with Gasteiger partial charge in [0.15, 0.2) is 17.7 Å². The Bertz CT molecular complexity index is 1110. The molecule has 0 saturated carbocycles. The van der Waals surface area contributed by atoms with Crippen LogP contribution in [0.25, 0.3) is 11.2 Å². The monoisotopic (exact) mass is 516 g/mol. The third-order valence-electron chi connectivity index (χ3n) is 5.99. The second kappa shape index (κ2) is 9.33. The summed E-state index contributed by atoms with van der Waals surface area (Å²) in [5.41, 5.74) is 6.78. The second-order valence-corrected chi connectivity index (χ2v) is 11.9. The number of carbonyl (C=O) groups excluding carboxylic acids is 1. The van der Waals surface area contributed by atoms with Gasteiger partial charge in [-0.1, -0.05) is 27.7 Å². The standard InChI is InChI=1S/C20H30ClN6O6P/c1-10(2)12(6-30-18(28)11(3)4)26-34(29)31-7-13-15(33-34)20(5,21)19(32-13)27-9-25-14-16(22)23-8-24-17(14)27/h8-13,15,19H,6-7H2,1-5H3,(H,26,29)(H2,22,23,24)/t12?,13-,15-,19-,20-,34?/m1/s1. The van der Waals surface area contributed by atoms with Crippen LogP contribution in [0.2, 0.25) is 0 Å². The van der Waals surface area contributed by atoms with Gasteiger partial charge in [-0.25, -0.2) is 24.6 Å². The topological polar surface area (TPSA) is 153 Å². The minimum Gasteiger partial charge on any atom is -0.464 e. The first-order valence-corrected chi connectivity index (χ1v) is 13.0. The van der Waals surface area contributed by atoms with E-state index in [0.717, 1.165) is 0 Å². The molecule has 2 aromatic heterocycles. The Hall–Kier alpha value is -1.82. The van der Waals surface area contributed by atoms with Gasteiger partial charge in [-0.05, 0) is 12.8 Å². The summed E-state index contributed by atoms with van der Waals surface area (Å²) in [6.07, 6.45) is 0.762. The molecule has 2 aromatic rings. The number of fused-ring (bicyclic) bond motifs is 2. The fraction of sp³-hybridized carbons (Fsp3) is 0.700. The highest BCUT2D eigenvalue weighted by molar-refractivity contribution is 7.51. The number of rotatable bonds is 7. The number of nitrogens with zero attached hydrogens (tertiary/aromatic N) is 4. The first-order chi connectivity index (χ1) is 15.9. The average Bonchev–Trinajstić information content (AvgIpc) is 3.30. The van der Waals surface area contributed by atoms with Gasteiger partial charge in [0.25, 0.3) is 0 Å². The molecule has 0 aliphatic carbocycles. The van der Waals surface area contributed by atoms with Crippen molar-refractivity contribution in [1.29, 1.82) is 0 Å². The van der Waals surface area contributed by atoms with E-state index >= 15 is 0 Å². The number of hydrogen-bond acceptors (Lipinski definition) is 10. The minimum atomic E-state index is -3.79. The van der Waals surface area contributed by atoms with E-state index in [9.17, 15) is 9.36 Å². The predicted molar refractivity (Wildman–Crippen MR) is 124 cm³/mol. The maximum atomic E-state index is 13.5. The zero-order chi connectivity index (χ0) is 24.8. The Balaban J connectivity index is 1.52. The Morgan fingerprint density at radius 1 is 1.38 bits per heavy atom. The van der Waals surface area contributed by atoms with Crippen molar-refractivity contribution in [2.75, 3.05) is 18.9 Å². The van der Waals surface area contributed by atoms with E-state index in [1.807, 2.05) is 13.8 Å². The molecule has 6 atom stereocenters. The van der Waals surface area contributed by atoms with Crippen LogP contribution in [-0.4, -0.2) is 61.8 Å². The fourth-order valence-electron chi connectivity index (χ4n) is 3.89. The number of nitrogen functional groups attached to an aromatic ring is 1. The second-order valence-electron chi connectivity index (χ2n) is 9.34. The highest BCUT2D eigenvalue weighted by Crippen LogP contribution is 2.58. The van der Waals surface area contributed by atoms with Crippen molar-refractivity contribution in [3.05, 3.63) is 12.7 Å². The Labute approximate surface area is 202 Å². The molecule has 0 aromatic carbocycles. The molecule has 14 heteroatoms. The van der Waals surface area contributed by atoms with Crippen LogP contribution in [0.3, 0.4) is 0 Å². The minimum absolute atomic E-state index is 0.00585. The van der Waals surface area contributed by atoms with Crippen LogP contribution in [0.1, 0.15) is 40.8 Å². The van der Waals surface area contributed by atoms with Crippen molar-refractivity contribution in [3.8, 4) is 0 Å². The van der Waals surface area contributed by atoms with Crippen LogP contribution in [0.5, 0.6) is 0 Å². The number of aromatic nitrogens is 4. The van der Waals surface area contributed by atoms with E-state index in [-0.39, 0.29) is 36.8 Å². The van der Waals surface area contributed by atoms with Gasteiger partial charge in [0.2, 0.25) is 0 Å². The van der Waals surface area contributed by atoms with Crippen molar-refractivity contribution in [1.82, 2.24) is 24.6 Å². The molecular weight excluding hydrogens is 487 g/mol. The number of hydrogen-bond donors (Lipinski definition) is 2. The zero-order valence-corrected chi connectivity index (χ0v) is 21.3. The Morgan fingerprint density at radius 2 is 2.12 bits per heavy atom. The average molecular weight is 517 g/mol. The van der Waals surface area contributed by atoms with Crippen LogP contribution >= 0.6 is 19.3 Å². The van der Waals surface area contributed by atoms with Crippen molar-refractivity contribution in [3.63, 3.8) is 0 Å². The number of imidazole rings is 1. The highest BCUT2D eigenvalue weighted by atomic mass is 35.5. The van der Waals surface area contributed by atoms with E-state index in [4.69, 9.17) is 35.9 Å². The van der Waals surface area contributed by atoms with Crippen molar-refractivity contribution >= 4 is 42.3 Å². The SMILES string of the molecule is CC(C)C(=O)OCC(NP1(=O)OC[C@H]2O[C@@H](n3cnc4c(N)ncnc43)[C@](C)(Cl)[C@@H]2O1)C(C)C. The van der Waals surface area contributed by atoms with Gasteiger partial charge in [-0.3, -0.25) is 18.4 Å². The summed E-state index contributed by atoms with van der Waals surface area (Å²) in [4.78, 5) is 23.2. The summed E-state index contributed by atoms with van der Waals surface area (Å²) in [6, 6.07) is -0.456. The molecule has 2 unspecified atom stereocenters. The number of esters is 1. The van der Waals surface area contributed by atoms with Crippen LogP contribution < -0.4 is 10.8 Å². The largest absolute Gasteiger partial charge is 0.464 e. The molecule has 4 rings (SSSR count). The van der Waals surface area contributed by atoms with Crippen LogP contribution in [0.4, 0.5) is 5.82 Å². The molecule has 3 N–H and O–H groups in total. The molecule has 4 heterocycles.